The Morgan fingerprint density at radius 3 is 2.29 bits per heavy atom. The Balaban J connectivity index is 4.22. The fourth-order valence-electron chi connectivity index (χ4n) is 0.660. The minimum atomic E-state index is -4.25. The first-order valence-corrected chi connectivity index (χ1v) is 6.01. The lowest BCUT2D eigenvalue weighted by molar-refractivity contribution is -0.146. The molecule has 100 valence electrons. The maximum Gasteiger partial charge on any atom is 0.422 e. The molecule has 0 aliphatic rings. The van der Waals surface area contributed by atoms with Crippen LogP contribution in [0.3, 0.4) is 0 Å². The van der Waals surface area contributed by atoms with Crippen LogP contribution in [-0.4, -0.2) is 49.4 Å². The van der Waals surface area contributed by atoms with Crippen molar-refractivity contribution in [3.05, 3.63) is 0 Å². The summed E-state index contributed by atoms with van der Waals surface area (Å²) in [5.74, 6) is -1.59. The first kappa shape index (κ1) is 15.6. The Labute approximate surface area is 97.9 Å². The number of rotatable bonds is 6. The van der Waals surface area contributed by atoms with E-state index in [4.69, 9.17) is 10.2 Å². The van der Waals surface area contributed by atoms with Crippen molar-refractivity contribution in [2.45, 2.75) is 26.1 Å². The molecule has 0 saturated carbocycles. The molecular weight excluding hydrogens is 256 g/mol. The van der Waals surface area contributed by atoms with Gasteiger partial charge in [0.05, 0.1) is 6.10 Å². The predicted molar refractivity (Wildman–Crippen MR) is 55.3 cm³/mol. The second-order valence-corrected chi connectivity index (χ2v) is 4.76. The summed E-state index contributed by atoms with van der Waals surface area (Å²) in [6.07, 6.45) is -3.60. The molecule has 0 fully saturated rings. The van der Waals surface area contributed by atoms with E-state index < -0.39 is 41.0 Å². The summed E-state index contributed by atoms with van der Waals surface area (Å²) in [4.78, 5) is 21.1. The molecule has 0 rings (SSSR count). The number of carboxylic acids is 1. The van der Waals surface area contributed by atoms with Gasteiger partial charge in [0, 0.05) is 6.54 Å². The summed E-state index contributed by atoms with van der Waals surface area (Å²) >= 11 is 0. The zero-order valence-electron chi connectivity index (χ0n) is 9.21. The monoisotopic (exact) mass is 270 g/mol. The van der Waals surface area contributed by atoms with Gasteiger partial charge in [-0.2, -0.15) is 13.1 Å². The van der Waals surface area contributed by atoms with E-state index in [2.05, 4.69) is 4.74 Å². The number of aliphatic hydroxyl groups is 1. The molecule has 1 amide bonds. The van der Waals surface area contributed by atoms with Gasteiger partial charge in [0.25, 0.3) is 0 Å². The van der Waals surface area contributed by atoms with Crippen molar-refractivity contribution in [3.63, 3.8) is 0 Å². The first-order chi connectivity index (χ1) is 7.64. The zero-order chi connectivity index (χ0) is 13.6. The number of hydrogen-bond donors (Lipinski definition) is 4. The average molecular weight is 270 g/mol. The van der Waals surface area contributed by atoms with Crippen LogP contribution in [0.4, 0.5) is 4.79 Å². The van der Waals surface area contributed by atoms with Crippen LogP contribution in [0.2, 0.25) is 0 Å². The Hall–Kier alpha value is -1.39. The number of aliphatic hydroxyl groups excluding tert-OH is 1. The summed E-state index contributed by atoms with van der Waals surface area (Å²) in [6, 6.07) is 0. The van der Waals surface area contributed by atoms with Gasteiger partial charge >= 0.3 is 22.3 Å². The lowest BCUT2D eigenvalue weighted by atomic mass is 10.4. The molecule has 0 bridgehead atoms. The van der Waals surface area contributed by atoms with E-state index in [0.29, 0.717) is 0 Å². The van der Waals surface area contributed by atoms with Crippen molar-refractivity contribution in [1.29, 1.82) is 0 Å². The van der Waals surface area contributed by atoms with Crippen LogP contribution in [0.5, 0.6) is 0 Å². The average Bonchev–Trinajstić information content (AvgIpc) is 2.11. The molecule has 1 atom stereocenters. The van der Waals surface area contributed by atoms with Gasteiger partial charge < -0.3 is 14.9 Å². The minimum absolute atomic E-state index is 0.505. The highest BCUT2D eigenvalue weighted by molar-refractivity contribution is 7.88. The number of aliphatic carboxylic acids is 1. The third-order valence-electron chi connectivity index (χ3n) is 1.31. The maximum atomic E-state index is 11.1. The minimum Gasteiger partial charge on any atom is -0.479 e. The van der Waals surface area contributed by atoms with E-state index in [0.717, 1.165) is 0 Å². The molecule has 9 nitrogen and oxygen atoms in total. The lowest BCUT2D eigenvalue weighted by Crippen LogP contribution is -2.45. The van der Waals surface area contributed by atoms with E-state index in [1.165, 1.54) is 18.6 Å². The van der Waals surface area contributed by atoms with Crippen molar-refractivity contribution in [2.24, 2.45) is 0 Å². The van der Waals surface area contributed by atoms with Gasteiger partial charge in [-0.15, -0.1) is 0 Å². The van der Waals surface area contributed by atoms with Gasteiger partial charge in [0.2, 0.25) is 0 Å². The van der Waals surface area contributed by atoms with Gasteiger partial charge in [-0.3, -0.25) is 0 Å². The summed E-state index contributed by atoms with van der Waals surface area (Å²) < 4.78 is 29.9. The van der Waals surface area contributed by atoms with E-state index in [1.807, 2.05) is 0 Å². The quantitative estimate of drug-likeness (QED) is 0.455. The van der Waals surface area contributed by atoms with Crippen LogP contribution in [-0.2, 0) is 19.7 Å². The Morgan fingerprint density at radius 2 is 1.88 bits per heavy atom. The molecule has 0 aliphatic heterocycles. The molecule has 0 aromatic rings. The van der Waals surface area contributed by atoms with Crippen LogP contribution < -0.4 is 9.44 Å². The SMILES string of the molecule is CC(C)OC(=O)NS(=O)(=O)NC[C@H](O)C(=O)O. The number of carbonyl (C=O) groups excluding carboxylic acids is 1. The molecule has 0 saturated heterocycles. The van der Waals surface area contributed by atoms with Crippen molar-refractivity contribution in [1.82, 2.24) is 9.44 Å². The molecule has 0 radical (unpaired) electrons. The van der Waals surface area contributed by atoms with Crippen LogP contribution in [0, 0.1) is 0 Å². The third-order valence-corrected chi connectivity index (χ3v) is 2.29. The molecule has 17 heavy (non-hydrogen) atoms. The topological polar surface area (TPSA) is 142 Å². The predicted octanol–water partition coefficient (Wildman–Crippen LogP) is -1.60. The standard InChI is InChI=1S/C7H14N2O7S/c1-4(2)16-7(13)9-17(14,15)8-3-5(10)6(11)12/h4-5,8,10H,3H2,1-2H3,(H,9,13)(H,11,12)/t5-/m0/s1. The highest BCUT2D eigenvalue weighted by Crippen LogP contribution is 1.90. The van der Waals surface area contributed by atoms with Crippen molar-refractivity contribution in [3.8, 4) is 0 Å². The van der Waals surface area contributed by atoms with Crippen molar-refractivity contribution in [2.75, 3.05) is 6.54 Å². The van der Waals surface area contributed by atoms with Gasteiger partial charge in [-0.25, -0.2) is 14.3 Å². The number of amides is 1. The molecule has 0 unspecified atom stereocenters. The number of carbonyl (C=O) groups is 2. The van der Waals surface area contributed by atoms with E-state index in [1.54, 1.807) is 4.72 Å². The summed E-state index contributed by atoms with van der Waals surface area (Å²) in [7, 11) is -4.25. The largest absolute Gasteiger partial charge is 0.479 e. The summed E-state index contributed by atoms with van der Waals surface area (Å²) in [5.41, 5.74) is 0. The zero-order valence-corrected chi connectivity index (χ0v) is 10.0. The van der Waals surface area contributed by atoms with Crippen molar-refractivity contribution < 1.29 is 33.0 Å². The molecule has 0 aliphatic carbocycles. The Bertz CT molecular complexity index is 378. The third kappa shape index (κ3) is 7.49. The van der Waals surface area contributed by atoms with Gasteiger partial charge in [0.15, 0.2) is 6.10 Å². The van der Waals surface area contributed by atoms with Crippen LogP contribution >= 0.6 is 0 Å². The summed E-state index contributed by atoms with van der Waals surface area (Å²) in [5, 5.41) is 17.1. The maximum absolute atomic E-state index is 11.1. The van der Waals surface area contributed by atoms with E-state index in [9.17, 15) is 18.0 Å². The van der Waals surface area contributed by atoms with E-state index in [-0.39, 0.29) is 0 Å². The number of carboxylic acid groups (broad SMARTS) is 1. The number of hydrogen-bond acceptors (Lipinski definition) is 6. The van der Waals surface area contributed by atoms with Crippen LogP contribution in [0.15, 0.2) is 0 Å². The lowest BCUT2D eigenvalue weighted by Gasteiger charge is -2.11. The fourth-order valence-corrected chi connectivity index (χ4v) is 1.38. The normalized spacial score (nSPS) is 13.2. The molecular formula is C7H14N2O7S. The summed E-state index contributed by atoms with van der Waals surface area (Å²) in [6.45, 7) is 2.28. The highest BCUT2D eigenvalue weighted by atomic mass is 32.2. The Morgan fingerprint density at radius 1 is 1.35 bits per heavy atom. The Kier molecular flexibility index (Phi) is 5.85. The second kappa shape index (κ2) is 6.37. The number of ether oxygens (including phenoxy) is 1. The molecule has 0 heterocycles. The molecule has 4 N–H and O–H groups in total. The second-order valence-electron chi connectivity index (χ2n) is 3.26. The van der Waals surface area contributed by atoms with Crippen LogP contribution in [0.1, 0.15) is 13.8 Å². The molecule has 0 spiro atoms. The van der Waals surface area contributed by atoms with Gasteiger partial charge in [-0.05, 0) is 13.8 Å². The first-order valence-electron chi connectivity index (χ1n) is 4.53. The van der Waals surface area contributed by atoms with E-state index >= 15 is 0 Å². The van der Waals surface area contributed by atoms with Gasteiger partial charge in [-0.1, -0.05) is 0 Å². The van der Waals surface area contributed by atoms with Gasteiger partial charge in [0.1, 0.15) is 0 Å². The van der Waals surface area contributed by atoms with Crippen LogP contribution in [0.25, 0.3) is 0 Å². The molecule has 10 heteroatoms. The molecule has 0 aromatic heterocycles. The fraction of sp³-hybridized carbons (Fsp3) is 0.714. The number of nitrogens with one attached hydrogen (secondary N) is 2. The van der Waals surface area contributed by atoms with Crippen molar-refractivity contribution >= 4 is 22.3 Å². The molecule has 0 aromatic carbocycles. The smallest absolute Gasteiger partial charge is 0.422 e. The highest BCUT2D eigenvalue weighted by Gasteiger charge is 2.20.